The van der Waals surface area contributed by atoms with E-state index in [9.17, 15) is 9.18 Å². The second kappa shape index (κ2) is 6.23. The van der Waals surface area contributed by atoms with Crippen LogP contribution in [0.3, 0.4) is 0 Å². The van der Waals surface area contributed by atoms with Gasteiger partial charge in [-0.15, -0.1) is 0 Å². The molecule has 0 radical (unpaired) electrons. The largest absolute Gasteiger partial charge is 0.352 e. The molecule has 1 unspecified atom stereocenters. The number of nitrogens with two attached hydrogens (primary N) is 1. The lowest BCUT2D eigenvalue weighted by molar-refractivity contribution is -0.122. The van der Waals surface area contributed by atoms with Crippen molar-refractivity contribution in [1.82, 2.24) is 5.32 Å². The summed E-state index contributed by atoms with van der Waals surface area (Å²) in [6, 6.07) is 6.40. The molecule has 0 spiro atoms. The van der Waals surface area contributed by atoms with Gasteiger partial charge in [0.15, 0.2) is 0 Å². The fourth-order valence-electron chi connectivity index (χ4n) is 1.31. The topological polar surface area (TPSA) is 55.1 Å². The Morgan fingerprint density at radius 2 is 2.19 bits per heavy atom. The molecule has 3 nitrogen and oxygen atoms in total. The van der Waals surface area contributed by atoms with E-state index in [1.807, 2.05) is 6.92 Å². The van der Waals surface area contributed by atoms with Crippen LogP contribution >= 0.6 is 0 Å². The van der Waals surface area contributed by atoms with Crippen LogP contribution in [0.25, 0.3) is 0 Å². The van der Waals surface area contributed by atoms with Gasteiger partial charge in [-0.25, -0.2) is 4.39 Å². The van der Waals surface area contributed by atoms with Gasteiger partial charge in [-0.3, -0.25) is 4.79 Å². The number of hydrogen-bond donors (Lipinski definition) is 2. The minimum Gasteiger partial charge on any atom is -0.352 e. The van der Waals surface area contributed by atoms with E-state index in [1.165, 1.54) is 6.07 Å². The summed E-state index contributed by atoms with van der Waals surface area (Å²) in [5, 5.41) is 2.67. The monoisotopic (exact) mass is 224 g/mol. The van der Waals surface area contributed by atoms with Gasteiger partial charge >= 0.3 is 0 Å². The van der Waals surface area contributed by atoms with Gasteiger partial charge in [-0.2, -0.15) is 0 Å². The second-order valence-corrected chi connectivity index (χ2v) is 3.91. The molecular weight excluding hydrogens is 207 g/mol. The van der Waals surface area contributed by atoms with Crippen molar-refractivity contribution < 1.29 is 9.18 Å². The highest BCUT2D eigenvalue weighted by Gasteiger charge is 2.08. The normalized spacial score (nSPS) is 12.2. The van der Waals surface area contributed by atoms with Gasteiger partial charge in [0.1, 0.15) is 5.82 Å². The average molecular weight is 224 g/mol. The van der Waals surface area contributed by atoms with Crippen LogP contribution in [0.15, 0.2) is 24.3 Å². The Kier molecular flexibility index (Phi) is 4.92. The molecule has 0 heterocycles. The van der Waals surface area contributed by atoms with Gasteiger partial charge in [-0.1, -0.05) is 25.1 Å². The number of hydrogen-bond acceptors (Lipinski definition) is 2. The summed E-state index contributed by atoms with van der Waals surface area (Å²) in [5.74, 6) is -0.239. The molecule has 88 valence electrons. The Bertz CT molecular complexity index is 355. The van der Waals surface area contributed by atoms with Gasteiger partial charge in [0.05, 0.1) is 0 Å². The minimum absolute atomic E-state index is 0.0961. The molecule has 0 aromatic heterocycles. The molecule has 0 aliphatic carbocycles. The van der Waals surface area contributed by atoms with Crippen molar-refractivity contribution in [1.29, 1.82) is 0 Å². The third-order valence-electron chi connectivity index (χ3n) is 2.37. The molecule has 3 N–H and O–H groups in total. The first-order valence-corrected chi connectivity index (χ1v) is 5.33. The van der Waals surface area contributed by atoms with Gasteiger partial charge in [-0.05, 0) is 18.5 Å². The Morgan fingerprint density at radius 3 is 2.81 bits per heavy atom. The Balaban J connectivity index is 2.40. The molecule has 1 atom stereocenters. The van der Waals surface area contributed by atoms with Crippen LogP contribution in [-0.2, 0) is 11.3 Å². The second-order valence-electron chi connectivity index (χ2n) is 3.91. The van der Waals surface area contributed by atoms with Gasteiger partial charge in [0.2, 0.25) is 5.91 Å². The maximum Gasteiger partial charge on any atom is 0.220 e. The lowest BCUT2D eigenvalue weighted by atomic mass is 10.1. The number of amides is 1. The molecule has 0 aliphatic heterocycles. The fraction of sp³-hybridized carbons (Fsp3) is 0.417. The molecule has 0 saturated carbocycles. The zero-order valence-corrected chi connectivity index (χ0v) is 9.37. The van der Waals surface area contributed by atoms with Crippen molar-refractivity contribution in [3.63, 3.8) is 0 Å². The maximum absolute atomic E-state index is 13.2. The first-order valence-electron chi connectivity index (χ1n) is 5.33. The Labute approximate surface area is 94.8 Å². The van der Waals surface area contributed by atoms with E-state index in [1.54, 1.807) is 18.2 Å². The van der Waals surface area contributed by atoms with Gasteiger partial charge in [0.25, 0.3) is 0 Å². The zero-order chi connectivity index (χ0) is 12.0. The number of benzene rings is 1. The van der Waals surface area contributed by atoms with Crippen LogP contribution in [0.4, 0.5) is 4.39 Å². The first-order chi connectivity index (χ1) is 7.63. The van der Waals surface area contributed by atoms with E-state index in [4.69, 9.17) is 5.73 Å². The highest BCUT2D eigenvalue weighted by atomic mass is 19.1. The van der Waals surface area contributed by atoms with Crippen molar-refractivity contribution in [2.24, 2.45) is 11.7 Å². The number of nitrogens with one attached hydrogen (secondary N) is 1. The number of halogens is 1. The predicted octanol–water partition coefficient (Wildman–Crippen LogP) is 1.43. The van der Waals surface area contributed by atoms with Crippen molar-refractivity contribution >= 4 is 5.91 Å². The van der Waals surface area contributed by atoms with Gasteiger partial charge < -0.3 is 11.1 Å². The maximum atomic E-state index is 13.2. The smallest absolute Gasteiger partial charge is 0.220 e. The van der Waals surface area contributed by atoms with E-state index >= 15 is 0 Å². The summed E-state index contributed by atoms with van der Waals surface area (Å²) in [6.45, 7) is 2.61. The van der Waals surface area contributed by atoms with E-state index < -0.39 is 0 Å². The van der Waals surface area contributed by atoms with Crippen molar-refractivity contribution in [3.05, 3.63) is 35.6 Å². The van der Waals surface area contributed by atoms with Gasteiger partial charge in [0, 0.05) is 18.5 Å². The first kappa shape index (κ1) is 12.6. The highest BCUT2D eigenvalue weighted by molar-refractivity contribution is 5.76. The predicted molar refractivity (Wildman–Crippen MR) is 61.1 cm³/mol. The zero-order valence-electron chi connectivity index (χ0n) is 9.37. The Hall–Kier alpha value is -1.42. The number of carbonyl (C=O) groups excluding carboxylic acids is 1. The molecule has 0 aliphatic rings. The third-order valence-corrected chi connectivity index (χ3v) is 2.37. The highest BCUT2D eigenvalue weighted by Crippen LogP contribution is 2.06. The molecule has 16 heavy (non-hydrogen) atoms. The van der Waals surface area contributed by atoms with Crippen LogP contribution in [0, 0.1) is 11.7 Å². The van der Waals surface area contributed by atoms with Crippen LogP contribution in [0.5, 0.6) is 0 Å². The standard InChI is InChI=1S/C12H17FN2O/c1-9(7-14)6-12(16)15-8-10-4-2-3-5-11(10)13/h2-5,9H,6-8,14H2,1H3,(H,15,16). The summed E-state index contributed by atoms with van der Waals surface area (Å²) in [6.07, 6.45) is 0.380. The molecular formula is C12H17FN2O. The lowest BCUT2D eigenvalue weighted by Crippen LogP contribution is -2.27. The van der Waals surface area contributed by atoms with Crippen LogP contribution < -0.4 is 11.1 Å². The van der Waals surface area contributed by atoms with Crippen molar-refractivity contribution in [2.75, 3.05) is 6.54 Å². The molecule has 1 aromatic carbocycles. The summed E-state index contributed by atoms with van der Waals surface area (Å²) in [4.78, 5) is 11.4. The van der Waals surface area contributed by atoms with Crippen LogP contribution in [0.1, 0.15) is 18.9 Å². The molecule has 1 aromatic rings. The SMILES string of the molecule is CC(CN)CC(=O)NCc1ccccc1F. The van der Waals surface area contributed by atoms with E-state index in [0.717, 1.165) is 0 Å². The molecule has 4 heteroatoms. The van der Waals surface area contributed by atoms with Crippen molar-refractivity contribution in [3.8, 4) is 0 Å². The summed E-state index contributed by atoms with van der Waals surface area (Å²) in [7, 11) is 0. The summed E-state index contributed by atoms with van der Waals surface area (Å²) < 4.78 is 13.2. The summed E-state index contributed by atoms with van der Waals surface area (Å²) >= 11 is 0. The number of carbonyl (C=O) groups is 1. The van der Waals surface area contributed by atoms with E-state index in [-0.39, 0.29) is 24.2 Å². The lowest BCUT2D eigenvalue weighted by Gasteiger charge is -2.09. The fourth-order valence-corrected chi connectivity index (χ4v) is 1.31. The average Bonchev–Trinajstić information content (AvgIpc) is 2.28. The molecule has 0 fully saturated rings. The minimum atomic E-state index is -0.297. The Morgan fingerprint density at radius 1 is 1.50 bits per heavy atom. The molecule has 0 bridgehead atoms. The molecule has 0 saturated heterocycles. The van der Waals surface area contributed by atoms with Crippen molar-refractivity contribution in [2.45, 2.75) is 19.9 Å². The van der Waals surface area contributed by atoms with Crippen LogP contribution in [0.2, 0.25) is 0 Å². The molecule has 1 amide bonds. The number of rotatable bonds is 5. The third kappa shape index (κ3) is 3.98. The molecule has 1 rings (SSSR count). The van der Waals surface area contributed by atoms with Crippen LogP contribution in [-0.4, -0.2) is 12.5 Å². The van der Waals surface area contributed by atoms with E-state index in [0.29, 0.717) is 18.5 Å². The summed E-state index contributed by atoms with van der Waals surface area (Å²) in [5.41, 5.74) is 5.91. The van der Waals surface area contributed by atoms with E-state index in [2.05, 4.69) is 5.32 Å². The quantitative estimate of drug-likeness (QED) is 0.795.